The smallest absolute Gasteiger partial charge is 0.234 e. The maximum absolute atomic E-state index is 11.9. The third-order valence-corrected chi connectivity index (χ3v) is 5.11. The maximum Gasteiger partial charge on any atom is 0.234 e. The number of halogens is 1. The molecule has 0 aliphatic carbocycles. The Hall–Kier alpha value is -1.83. The van der Waals surface area contributed by atoms with Gasteiger partial charge >= 0.3 is 0 Å². The van der Waals surface area contributed by atoms with Gasteiger partial charge in [-0.05, 0) is 30.8 Å². The molecule has 0 unspecified atom stereocenters. The largest absolute Gasteiger partial charge is 0.354 e. The van der Waals surface area contributed by atoms with Gasteiger partial charge in [0.05, 0.1) is 11.5 Å². The van der Waals surface area contributed by atoms with Crippen molar-refractivity contribution in [3.63, 3.8) is 0 Å². The van der Waals surface area contributed by atoms with Crippen molar-refractivity contribution in [1.29, 1.82) is 0 Å². The Morgan fingerprint density at radius 1 is 1.04 bits per heavy atom. The zero-order chi connectivity index (χ0) is 19.5. The summed E-state index contributed by atoms with van der Waals surface area (Å²) in [6.07, 6.45) is 0. The summed E-state index contributed by atoms with van der Waals surface area (Å²) in [5.41, 5.74) is 1.99. The lowest BCUT2D eigenvalue weighted by atomic mass is 10.2. The highest BCUT2D eigenvalue weighted by Gasteiger charge is 2.07. The number of rotatable bonds is 10. The number of hydrogen-bond acceptors (Lipinski definition) is 4. The summed E-state index contributed by atoms with van der Waals surface area (Å²) in [6.45, 7) is 2.21. The van der Waals surface area contributed by atoms with Crippen LogP contribution in [0, 0.1) is 0 Å². The van der Waals surface area contributed by atoms with Gasteiger partial charge in [-0.15, -0.1) is 11.8 Å². The minimum absolute atomic E-state index is 0.0524. The van der Waals surface area contributed by atoms with E-state index in [9.17, 15) is 9.59 Å². The van der Waals surface area contributed by atoms with Crippen LogP contribution in [0.1, 0.15) is 5.56 Å². The van der Waals surface area contributed by atoms with Crippen LogP contribution >= 0.6 is 27.7 Å². The van der Waals surface area contributed by atoms with Gasteiger partial charge in [-0.3, -0.25) is 9.59 Å². The standard InChI is InChI=1S/C20H24BrN3O2S/c1-24(13-16-6-3-2-4-7-16)11-10-22-19(25)14-27-15-20(26)23-18-9-5-8-17(21)12-18/h2-9,12H,10-11,13-15H2,1H3,(H,22,25)(H,23,26). The number of carbonyl (C=O) groups is 2. The van der Waals surface area contributed by atoms with E-state index in [1.54, 1.807) is 0 Å². The van der Waals surface area contributed by atoms with Crippen LogP contribution in [-0.4, -0.2) is 48.4 Å². The summed E-state index contributed by atoms with van der Waals surface area (Å²) in [6, 6.07) is 17.6. The zero-order valence-corrected chi connectivity index (χ0v) is 17.7. The van der Waals surface area contributed by atoms with Crippen molar-refractivity contribution in [2.75, 3.05) is 37.0 Å². The van der Waals surface area contributed by atoms with Crippen LogP contribution in [0.2, 0.25) is 0 Å². The van der Waals surface area contributed by atoms with Gasteiger partial charge in [-0.25, -0.2) is 0 Å². The van der Waals surface area contributed by atoms with Crippen molar-refractivity contribution >= 4 is 45.2 Å². The Bertz CT molecular complexity index is 743. The van der Waals surface area contributed by atoms with Crippen LogP contribution in [0.4, 0.5) is 5.69 Å². The highest BCUT2D eigenvalue weighted by Crippen LogP contribution is 2.15. The van der Waals surface area contributed by atoms with E-state index in [-0.39, 0.29) is 23.3 Å². The Balaban J connectivity index is 1.56. The van der Waals surface area contributed by atoms with Crippen molar-refractivity contribution in [3.8, 4) is 0 Å². The molecule has 2 aromatic rings. The number of thioether (sulfide) groups is 1. The molecule has 0 saturated heterocycles. The number of nitrogens with zero attached hydrogens (tertiary/aromatic N) is 1. The van der Waals surface area contributed by atoms with Crippen LogP contribution in [0.25, 0.3) is 0 Å². The number of benzene rings is 2. The lowest BCUT2D eigenvalue weighted by molar-refractivity contribution is -0.118. The minimum Gasteiger partial charge on any atom is -0.354 e. The molecule has 0 aliphatic heterocycles. The summed E-state index contributed by atoms with van der Waals surface area (Å²) < 4.78 is 0.907. The van der Waals surface area contributed by atoms with Gasteiger partial charge in [0.15, 0.2) is 0 Å². The fourth-order valence-corrected chi connectivity index (χ4v) is 3.46. The van der Waals surface area contributed by atoms with E-state index < -0.39 is 0 Å². The highest BCUT2D eigenvalue weighted by molar-refractivity contribution is 9.10. The molecule has 0 aliphatic rings. The average Bonchev–Trinajstić information content (AvgIpc) is 2.62. The molecule has 0 bridgehead atoms. The zero-order valence-electron chi connectivity index (χ0n) is 15.3. The molecular weight excluding hydrogens is 426 g/mol. The molecule has 7 heteroatoms. The van der Waals surface area contributed by atoms with E-state index >= 15 is 0 Å². The molecule has 27 heavy (non-hydrogen) atoms. The summed E-state index contributed by atoms with van der Waals surface area (Å²) in [4.78, 5) is 25.9. The second-order valence-corrected chi connectivity index (χ2v) is 8.03. The lowest BCUT2D eigenvalue weighted by Gasteiger charge is -2.17. The molecule has 0 saturated carbocycles. The molecule has 0 aromatic heterocycles. The number of anilines is 1. The molecule has 2 rings (SSSR count). The minimum atomic E-state index is -0.117. The molecule has 2 aromatic carbocycles. The number of amides is 2. The molecule has 5 nitrogen and oxygen atoms in total. The van der Waals surface area contributed by atoms with E-state index in [1.165, 1.54) is 17.3 Å². The van der Waals surface area contributed by atoms with Crippen molar-refractivity contribution in [3.05, 3.63) is 64.6 Å². The van der Waals surface area contributed by atoms with Gasteiger partial charge < -0.3 is 15.5 Å². The van der Waals surface area contributed by atoms with Crippen LogP contribution < -0.4 is 10.6 Å². The van der Waals surface area contributed by atoms with Crippen molar-refractivity contribution in [1.82, 2.24) is 10.2 Å². The van der Waals surface area contributed by atoms with Gasteiger partial charge in [-0.2, -0.15) is 0 Å². The normalized spacial score (nSPS) is 10.6. The summed E-state index contributed by atoms with van der Waals surface area (Å²) in [5, 5.41) is 5.70. The van der Waals surface area contributed by atoms with Gasteiger partial charge in [0.25, 0.3) is 0 Å². The Morgan fingerprint density at radius 3 is 2.52 bits per heavy atom. The summed E-state index contributed by atoms with van der Waals surface area (Å²) >= 11 is 4.67. The number of hydrogen-bond donors (Lipinski definition) is 2. The number of nitrogens with one attached hydrogen (secondary N) is 2. The molecule has 2 N–H and O–H groups in total. The third-order valence-electron chi connectivity index (χ3n) is 3.69. The molecule has 144 valence electrons. The first-order valence-corrected chi connectivity index (χ1v) is 10.6. The first-order valence-electron chi connectivity index (χ1n) is 8.65. The lowest BCUT2D eigenvalue weighted by Crippen LogP contribution is -2.33. The fraction of sp³-hybridized carbons (Fsp3) is 0.300. The second kappa shape index (κ2) is 11.8. The van der Waals surface area contributed by atoms with Crippen molar-refractivity contribution < 1.29 is 9.59 Å². The quantitative estimate of drug-likeness (QED) is 0.583. The van der Waals surface area contributed by atoms with Crippen LogP contribution in [0.15, 0.2) is 59.1 Å². The molecule has 0 fully saturated rings. The Kier molecular flexibility index (Phi) is 9.38. The van der Waals surface area contributed by atoms with Gasteiger partial charge in [0.1, 0.15) is 0 Å². The third kappa shape index (κ3) is 9.08. The van der Waals surface area contributed by atoms with Crippen LogP contribution in [0.5, 0.6) is 0 Å². The van der Waals surface area contributed by atoms with E-state index in [0.717, 1.165) is 23.2 Å². The van der Waals surface area contributed by atoms with Crippen molar-refractivity contribution in [2.24, 2.45) is 0 Å². The van der Waals surface area contributed by atoms with Crippen molar-refractivity contribution in [2.45, 2.75) is 6.54 Å². The summed E-state index contributed by atoms with van der Waals surface area (Å²) in [5.74, 6) is 0.346. The van der Waals surface area contributed by atoms with E-state index in [0.29, 0.717) is 6.54 Å². The average molecular weight is 450 g/mol. The first-order chi connectivity index (χ1) is 13.0. The second-order valence-electron chi connectivity index (χ2n) is 6.12. The predicted molar refractivity (Wildman–Crippen MR) is 116 cm³/mol. The number of likely N-dealkylation sites (N-methyl/N-ethyl adjacent to an activating group) is 1. The topological polar surface area (TPSA) is 61.4 Å². The van der Waals surface area contributed by atoms with E-state index in [2.05, 4.69) is 43.6 Å². The Labute approximate surface area is 173 Å². The molecular formula is C20H24BrN3O2S. The van der Waals surface area contributed by atoms with Gasteiger partial charge in [-0.1, -0.05) is 52.3 Å². The first kappa shape index (κ1) is 21.5. The van der Waals surface area contributed by atoms with Crippen LogP contribution in [-0.2, 0) is 16.1 Å². The van der Waals surface area contributed by atoms with E-state index in [4.69, 9.17) is 0 Å². The molecule has 0 spiro atoms. The van der Waals surface area contributed by atoms with E-state index in [1.807, 2.05) is 49.5 Å². The van der Waals surface area contributed by atoms with Gasteiger partial charge in [0, 0.05) is 29.8 Å². The molecule has 0 heterocycles. The van der Waals surface area contributed by atoms with Crippen LogP contribution in [0.3, 0.4) is 0 Å². The van der Waals surface area contributed by atoms with Gasteiger partial charge in [0.2, 0.25) is 11.8 Å². The Morgan fingerprint density at radius 2 is 1.78 bits per heavy atom. The summed E-state index contributed by atoms with van der Waals surface area (Å²) in [7, 11) is 2.03. The monoisotopic (exact) mass is 449 g/mol. The number of carbonyl (C=O) groups excluding carboxylic acids is 2. The SMILES string of the molecule is CN(CCNC(=O)CSCC(=O)Nc1cccc(Br)c1)Cc1ccccc1. The molecule has 0 radical (unpaired) electrons. The molecule has 2 amide bonds. The maximum atomic E-state index is 11.9. The predicted octanol–water partition coefficient (Wildman–Crippen LogP) is 3.37. The molecule has 0 atom stereocenters. The fourth-order valence-electron chi connectivity index (χ4n) is 2.41. The highest BCUT2D eigenvalue weighted by atomic mass is 79.9.